The van der Waals surface area contributed by atoms with E-state index in [4.69, 9.17) is 18.9 Å². The second-order valence-electron chi connectivity index (χ2n) is 20.0. The van der Waals surface area contributed by atoms with Gasteiger partial charge in [-0.3, -0.25) is 9.59 Å². The van der Waals surface area contributed by atoms with E-state index in [1.807, 2.05) is 0 Å². The Morgan fingerprint density at radius 2 is 1.43 bits per heavy atom. The average Bonchev–Trinajstić information content (AvgIpc) is 3.14. The van der Waals surface area contributed by atoms with E-state index in [2.05, 4.69) is 47.6 Å². The molecule has 0 radical (unpaired) electrons. The molecular weight excluding hydrogens is 728 g/mol. The Bertz CT molecular complexity index is 1550. The molecule has 4 saturated carbocycles. The van der Waals surface area contributed by atoms with Crippen molar-refractivity contribution < 1.29 is 69.4 Å². The highest BCUT2D eigenvalue weighted by Crippen LogP contribution is 2.76. The summed E-state index contributed by atoms with van der Waals surface area (Å²) in [7, 11) is 0. The third-order valence-corrected chi connectivity index (χ3v) is 17.4. The summed E-state index contributed by atoms with van der Waals surface area (Å²) in [6.45, 7) is 14.0. The van der Waals surface area contributed by atoms with Crippen molar-refractivity contribution in [3.63, 3.8) is 0 Å². The van der Waals surface area contributed by atoms with Crippen LogP contribution in [-0.4, -0.2) is 127 Å². The molecule has 7 aliphatic rings. The lowest BCUT2D eigenvalue weighted by molar-refractivity contribution is -0.366. The highest BCUT2D eigenvalue weighted by Gasteiger charge is 2.73. The number of aliphatic hydroxyl groups is 6. The van der Waals surface area contributed by atoms with E-state index in [-0.39, 0.29) is 29.1 Å². The van der Waals surface area contributed by atoms with Gasteiger partial charge in [0, 0.05) is 0 Å². The summed E-state index contributed by atoms with van der Waals surface area (Å²) in [4.78, 5) is 27.1. The zero-order valence-corrected chi connectivity index (χ0v) is 33.9. The largest absolute Gasteiger partial charge is 0.481 e. The monoisotopic (exact) mass is 794 g/mol. The minimum Gasteiger partial charge on any atom is -0.481 e. The first-order chi connectivity index (χ1) is 26.1. The van der Waals surface area contributed by atoms with Crippen LogP contribution in [0.15, 0.2) is 11.6 Å². The van der Waals surface area contributed by atoms with Crippen molar-refractivity contribution in [3.05, 3.63) is 11.6 Å². The highest BCUT2D eigenvalue weighted by molar-refractivity contribution is 5.84. The zero-order valence-electron chi connectivity index (χ0n) is 33.9. The van der Waals surface area contributed by atoms with Crippen LogP contribution in [0.5, 0.6) is 0 Å². The van der Waals surface area contributed by atoms with Gasteiger partial charge in [0.2, 0.25) is 0 Å². The lowest BCUT2D eigenvalue weighted by Gasteiger charge is -2.70. The first kappa shape index (κ1) is 42.4. The van der Waals surface area contributed by atoms with E-state index < -0.39 is 108 Å². The third-order valence-electron chi connectivity index (χ3n) is 17.4. The van der Waals surface area contributed by atoms with Crippen molar-refractivity contribution in [2.75, 3.05) is 6.61 Å². The molecule has 8 N–H and O–H groups in total. The maximum Gasteiger partial charge on any atom is 0.314 e. The van der Waals surface area contributed by atoms with Gasteiger partial charge < -0.3 is 59.8 Å². The molecule has 0 spiro atoms. The first-order valence-electron chi connectivity index (χ1n) is 20.9. The molecular formula is C42H66O14. The van der Waals surface area contributed by atoms with E-state index in [1.165, 1.54) is 0 Å². The molecule has 5 aliphatic carbocycles. The number of ether oxygens (including phenoxy) is 4. The Kier molecular flexibility index (Phi) is 11.0. The van der Waals surface area contributed by atoms with Gasteiger partial charge in [-0.2, -0.15) is 0 Å². The van der Waals surface area contributed by atoms with Crippen LogP contribution in [0.1, 0.15) is 106 Å². The van der Waals surface area contributed by atoms with Crippen LogP contribution in [-0.2, 0) is 28.5 Å². The summed E-state index contributed by atoms with van der Waals surface area (Å²) in [5, 5.41) is 85.6. The van der Waals surface area contributed by atoms with Crippen LogP contribution in [0, 0.1) is 56.7 Å². The quantitative estimate of drug-likeness (QED) is 0.137. The van der Waals surface area contributed by atoms with Crippen LogP contribution in [0.25, 0.3) is 0 Å². The lowest BCUT2D eigenvalue weighted by Crippen LogP contribution is -2.68. The predicted octanol–water partition coefficient (Wildman–Crippen LogP) is 2.83. The summed E-state index contributed by atoms with van der Waals surface area (Å²) in [6, 6.07) is 0. The van der Waals surface area contributed by atoms with E-state index in [9.17, 15) is 50.4 Å². The van der Waals surface area contributed by atoms with Gasteiger partial charge >= 0.3 is 11.9 Å². The van der Waals surface area contributed by atoms with Crippen LogP contribution in [0.2, 0.25) is 0 Å². The van der Waals surface area contributed by atoms with Gasteiger partial charge in [-0.15, -0.1) is 0 Å². The molecule has 318 valence electrons. The number of hydrogen-bond donors (Lipinski definition) is 8. The smallest absolute Gasteiger partial charge is 0.314 e. The van der Waals surface area contributed by atoms with Gasteiger partial charge in [-0.05, 0) is 111 Å². The molecule has 56 heavy (non-hydrogen) atoms. The molecule has 0 amide bonds. The standard InChI is InChI=1S/C42H66O14/c1-19-10-15-41(36(49)50)16-17-42(37(51)52)22(27(41)20(19)2)8-9-25-39(6)13-12-26(38(4,5)24(39)11-14-40(25,42)7)55-35-32(48)33(28(44)21(3)53-35)56-34-31(47)30(46)29(45)23(18-43)54-34/h8,19-21,23-35,43-48H,9-18H2,1-7H3,(H,49,50)(H,51,52)/t19-,20+,21-,23-,24+,25-,26+,27+,28-,29-,30+,31-,32-,33+,34+,35+,39+,40-,41+,42-/m1/s1. The Morgan fingerprint density at radius 3 is 2.07 bits per heavy atom. The SMILES string of the molecule is C[C@H]1[C@H](C)CC[C@]2(C(=O)O)CC[C@]3(C(=O)O)C(=CC[C@@H]4[C@@]5(C)CC[C@H](O[C@@H]6O[C@H](C)[C@@H](O)[C@H](O[C@@H]7O[C@H](CO)[C@@H](O)[C@H](O)[C@H]7O)[C@H]6O)C(C)(C)[C@@H]5CC[C@]43C)[C@H]12. The molecule has 0 aromatic heterocycles. The Balaban J connectivity index is 1.14. The number of carboxylic acids is 2. The van der Waals surface area contributed by atoms with Gasteiger partial charge in [0.1, 0.15) is 42.7 Å². The van der Waals surface area contributed by atoms with E-state index >= 15 is 0 Å². The minimum atomic E-state index is -1.73. The maximum atomic E-state index is 14.0. The molecule has 0 aromatic carbocycles. The lowest BCUT2D eigenvalue weighted by atomic mass is 9.33. The first-order valence-corrected chi connectivity index (χ1v) is 20.9. The number of allylic oxidation sites excluding steroid dienone is 1. The molecule has 14 heteroatoms. The van der Waals surface area contributed by atoms with Crippen molar-refractivity contribution >= 4 is 11.9 Å². The zero-order chi connectivity index (χ0) is 41.1. The second kappa shape index (κ2) is 14.5. The fourth-order valence-corrected chi connectivity index (χ4v) is 14.0. The molecule has 20 atom stereocenters. The van der Waals surface area contributed by atoms with Gasteiger partial charge in [0.25, 0.3) is 0 Å². The molecule has 6 fully saturated rings. The maximum absolute atomic E-state index is 14.0. The highest BCUT2D eigenvalue weighted by atomic mass is 16.7. The molecule has 0 unspecified atom stereocenters. The molecule has 0 bridgehead atoms. The Morgan fingerprint density at radius 1 is 0.750 bits per heavy atom. The topological polar surface area (TPSA) is 233 Å². The van der Waals surface area contributed by atoms with Crippen LogP contribution < -0.4 is 0 Å². The van der Waals surface area contributed by atoms with Crippen molar-refractivity contribution in [2.24, 2.45) is 56.7 Å². The third kappa shape index (κ3) is 5.85. The summed E-state index contributed by atoms with van der Waals surface area (Å²) in [5.74, 6) is -1.49. The van der Waals surface area contributed by atoms with Crippen molar-refractivity contribution in [3.8, 4) is 0 Å². The Labute approximate surface area is 329 Å². The van der Waals surface area contributed by atoms with Gasteiger partial charge in [0.15, 0.2) is 12.6 Å². The summed E-state index contributed by atoms with van der Waals surface area (Å²) in [5.41, 5.74) is -2.61. The van der Waals surface area contributed by atoms with Gasteiger partial charge in [0.05, 0.1) is 29.6 Å². The molecule has 14 nitrogen and oxygen atoms in total. The predicted molar refractivity (Wildman–Crippen MR) is 198 cm³/mol. The van der Waals surface area contributed by atoms with Crippen molar-refractivity contribution in [2.45, 2.75) is 174 Å². The fourth-order valence-electron chi connectivity index (χ4n) is 14.0. The Hall–Kier alpha value is -1.72. The summed E-state index contributed by atoms with van der Waals surface area (Å²) < 4.78 is 24.1. The average molecular weight is 795 g/mol. The van der Waals surface area contributed by atoms with Crippen molar-refractivity contribution in [1.82, 2.24) is 0 Å². The number of aliphatic hydroxyl groups excluding tert-OH is 6. The normalized spacial score (nSPS) is 54.1. The number of carbonyl (C=O) groups is 2. The van der Waals surface area contributed by atoms with E-state index in [0.717, 1.165) is 24.8 Å². The van der Waals surface area contributed by atoms with E-state index in [0.29, 0.717) is 44.4 Å². The van der Waals surface area contributed by atoms with Crippen LogP contribution in [0.3, 0.4) is 0 Å². The summed E-state index contributed by atoms with van der Waals surface area (Å²) in [6.07, 6.45) is -7.03. The summed E-state index contributed by atoms with van der Waals surface area (Å²) >= 11 is 0. The molecule has 0 aromatic rings. The van der Waals surface area contributed by atoms with E-state index in [1.54, 1.807) is 6.92 Å². The number of aliphatic carboxylic acids is 2. The molecule has 2 saturated heterocycles. The van der Waals surface area contributed by atoms with Crippen LogP contribution in [0.4, 0.5) is 0 Å². The second-order valence-corrected chi connectivity index (χ2v) is 20.0. The molecule has 7 rings (SSSR count). The van der Waals surface area contributed by atoms with Crippen molar-refractivity contribution in [1.29, 1.82) is 0 Å². The number of fused-ring (bicyclic) bond motifs is 7. The number of rotatable bonds is 7. The van der Waals surface area contributed by atoms with Crippen LogP contribution >= 0.6 is 0 Å². The fraction of sp³-hybridized carbons (Fsp3) is 0.905. The minimum absolute atomic E-state index is 0.0190. The number of hydrogen-bond acceptors (Lipinski definition) is 12. The van der Waals surface area contributed by atoms with Gasteiger partial charge in [-0.1, -0.05) is 53.2 Å². The number of carboxylic acid groups (broad SMARTS) is 2. The molecule has 2 heterocycles. The van der Waals surface area contributed by atoms with Gasteiger partial charge in [-0.25, -0.2) is 0 Å². The molecule has 2 aliphatic heterocycles.